The molecule has 25 heteroatoms. The van der Waals surface area contributed by atoms with Gasteiger partial charge >= 0.3 is 5.97 Å². The van der Waals surface area contributed by atoms with Crippen molar-refractivity contribution in [2.45, 2.75) is 81.6 Å². The van der Waals surface area contributed by atoms with E-state index in [0.29, 0.717) is 30.2 Å². The van der Waals surface area contributed by atoms with Crippen molar-refractivity contribution in [3.05, 3.63) is 189 Å². The number of fused-ring (bicyclic) bond motifs is 1. The average Bonchev–Trinajstić information content (AvgIpc) is 1.96. The van der Waals surface area contributed by atoms with Crippen molar-refractivity contribution >= 4 is 67.3 Å². The summed E-state index contributed by atoms with van der Waals surface area (Å²) in [5, 5.41) is 13.8. The van der Waals surface area contributed by atoms with Gasteiger partial charge in [0, 0.05) is 76.1 Å². The SMILES string of the molecule is COC(=O)[C@H](CNC(=O)c1cn(C)c2cc(CNc3nccn3C(c3ccccc3)(c3ccccc3)c3ccccc3)ccc2c1=O)NS(=O)(=O)c1c(C)cc(OCCCC(=O)NCCNC(=O)[C@H](CS(O)(O)O)NC(=O)CC[C@@H](C)N)cc1C. The van der Waals surface area contributed by atoms with Crippen LogP contribution in [0.4, 0.5) is 5.95 Å². The first-order chi connectivity index (χ1) is 40.5. The van der Waals surface area contributed by atoms with E-state index in [2.05, 4.69) is 72.3 Å². The molecular formula is C60H72N10O13S2. The predicted molar refractivity (Wildman–Crippen MR) is 324 cm³/mol. The summed E-state index contributed by atoms with van der Waals surface area (Å²) in [6, 6.07) is 35.5. The van der Waals surface area contributed by atoms with E-state index in [1.165, 1.54) is 32.2 Å². The van der Waals surface area contributed by atoms with Crippen molar-refractivity contribution in [3.63, 3.8) is 0 Å². The number of rotatable bonds is 29. The molecule has 0 unspecified atom stereocenters. The van der Waals surface area contributed by atoms with Gasteiger partial charge in [0.2, 0.25) is 39.1 Å². The first-order valence-corrected chi connectivity index (χ1v) is 30.4. The Kier molecular flexibility index (Phi) is 21.8. The molecule has 3 atom stereocenters. The second-order valence-electron chi connectivity index (χ2n) is 20.4. The van der Waals surface area contributed by atoms with Gasteiger partial charge in [-0.05, 0) is 91.3 Å². The number of nitrogens with zero attached hydrogens (tertiary/aromatic N) is 3. The molecule has 0 bridgehead atoms. The Morgan fingerprint density at radius 1 is 0.776 bits per heavy atom. The lowest BCUT2D eigenvalue weighted by molar-refractivity contribution is -0.142. The third-order valence-corrected chi connectivity index (χ3v) is 16.5. The summed E-state index contributed by atoms with van der Waals surface area (Å²) in [5.41, 5.74) is 8.96. The van der Waals surface area contributed by atoms with E-state index in [0.717, 1.165) is 29.4 Å². The van der Waals surface area contributed by atoms with Gasteiger partial charge in [0.1, 0.15) is 28.9 Å². The summed E-state index contributed by atoms with van der Waals surface area (Å²) in [6.07, 6.45) is 5.63. The number of hydrogen-bond acceptors (Lipinski definition) is 16. The lowest BCUT2D eigenvalue weighted by Gasteiger charge is -2.38. The van der Waals surface area contributed by atoms with Crippen molar-refractivity contribution in [2.75, 3.05) is 44.4 Å². The fourth-order valence-corrected chi connectivity index (χ4v) is 12.3. The molecule has 85 heavy (non-hydrogen) atoms. The van der Waals surface area contributed by atoms with E-state index in [-0.39, 0.29) is 77.9 Å². The summed E-state index contributed by atoms with van der Waals surface area (Å²) in [6.45, 7) is 4.46. The van der Waals surface area contributed by atoms with Gasteiger partial charge in [-0.1, -0.05) is 97.1 Å². The van der Waals surface area contributed by atoms with Crippen molar-refractivity contribution in [3.8, 4) is 5.75 Å². The Morgan fingerprint density at radius 2 is 1.38 bits per heavy atom. The first kappa shape index (κ1) is 64.1. The molecule has 2 heterocycles. The van der Waals surface area contributed by atoms with Crippen LogP contribution in [-0.4, -0.2) is 123 Å². The number of sulfonamides is 1. The Labute approximate surface area is 494 Å². The van der Waals surface area contributed by atoms with Crippen molar-refractivity contribution in [2.24, 2.45) is 12.8 Å². The molecule has 5 aromatic carbocycles. The number of nitrogens with one attached hydrogen (secondary N) is 6. The van der Waals surface area contributed by atoms with Crippen molar-refractivity contribution in [1.29, 1.82) is 0 Å². The lowest BCUT2D eigenvalue weighted by atomic mass is 9.76. The molecule has 4 amide bonds. The highest BCUT2D eigenvalue weighted by molar-refractivity contribution is 8.19. The molecule has 0 spiro atoms. The van der Waals surface area contributed by atoms with Crippen LogP contribution in [-0.2, 0) is 53.1 Å². The number of nitrogens with two attached hydrogens (primary N) is 1. The third-order valence-electron chi connectivity index (χ3n) is 13.9. The maximum atomic E-state index is 14.0. The molecule has 0 aliphatic rings. The van der Waals surface area contributed by atoms with Gasteiger partial charge in [0.05, 0.1) is 40.8 Å². The number of benzene rings is 5. The minimum atomic E-state index is -4.47. The summed E-state index contributed by atoms with van der Waals surface area (Å²) >= 11 is 0. The quantitative estimate of drug-likeness (QED) is 0.0162. The number of carbonyl (C=O) groups excluding carboxylic acids is 5. The minimum Gasteiger partial charge on any atom is -0.494 e. The Hall–Kier alpha value is -8.43. The number of hydrogen-bond donors (Lipinski definition) is 10. The number of esters is 1. The van der Waals surface area contributed by atoms with Gasteiger partial charge in [-0.25, -0.2) is 13.4 Å². The highest BCUT2D eigenvalue weighted by atomic mass is 32.3. The standard InChI is InChI=1S/C60H72N10O13S2/c1-39-32-46(83-31-15-22-52(71)62-27-28-63-57(75)50(38-84(77,78)79)67-53(72)26-23-41(3)61)33-40(2)55(39)85(80,81)68-49(58(76)82-5)36-65-56(74)48-37-69(4)51-34-42(24-25-47(51)54(48)73)35-66-59-64-29-30-70(59)60(43-16-9-6-10-17-43,44-18-11-7-12-19-44)45-20-13-8-14-21-45/h6-14,16-21,24-25,29-30,32-34,37,41,49-50,68,77-79H,15,22-23,26-28,31,35-36,38,61H2,1-5H3,(H,62,71)(H,63,75)(H,64,66)(H,65,74)(H,67,72)/t41-,49+,50+/m1/s1. The van der Waals surface area contributed by atoms with Crippen LogP contribution >= 0.6 is 10.9 Å². The summed E-state index contributed by atoms with van der Waals surface area (Å²) in [7, 11) is -5.84. The molecular weight excluding hydrogens is 1130 g/mol. The number of ether oxygens (including phenoxy) is 2. The topological polar surface area (TPSA) is 337 Å². The number of carbonyl (C=O) groups is 5. The number of amides is 4. The molecule has 7 aromatic rings. The second-order valence-corrected chi connectivity index (χ2v) is 23.7. The smallest absolute Gasteiger partial charge is 0.325 e. The molecule has 0 aliphatic carbocycles. The average molecular weight is 1210 g/mol. The number of methoxy groups -OCH3 is 1. The number of aryl methyl sites for hydroxylation is 3. The van der Waals surface area contributed by atoms with E-state index < -0.39 is 79.9 Å². The fraction of sp³-hybridized carbons (Fsp3) is 0.317. The molecule has 0 aliphatic heterocycles. The van der Waals surface area contributed by atoms with Gasteiger partial charge in [-0.15, -0.1) is 0 Å². The van der Waals surface area contributed by atoms with Crippen LogP contribution < -0.4 is 47.2 Å². The lowest BCUT2D eigenvalue weighted by Crippen LogP contribution is -2.51. The van der Waals surface area contributed by atoms with Crippen LogP contribution in [0, 0.1) is 13.8 Å². The zero-order valence-electron chi connectivity index (χ0n) is 47.7. The number of pyridine rings is 1. The summed E-state index contributed by atoms with van der Waals surface area (Å²) in [4.78, 5) is 82.9. The highest BCUT2D eigenvalue weighted by Gasteiger charge is 2.40. The van der Waals surface area contributed by atoms with E-state index in [1.54, 1.807) is 36.9 Å². The molecule has 23 nitrogen and oxygen atoms in total. The maximum absolute atomic E-state index is 14.0. The monoisotopic (exact) mass is 1200 g/mol. The number of anilines is 1. The van der Waals surface area contributed by atoms with Gasteiger partial charge < -0.3 is 60.0 Å². The number of aromatic nitrogens is 3. The highest BCUT2D eigenvalue weighted by Crippen LogP contribution is 2.42. The van der Waals surface area contributed by atoms with Crippen LogP contribution in [0.1, 0.15) is 76.3 Å². The zero-order chi connectivity index (χ0) is 61.5. The Bertz CT molecular complexity index is 3530. The van der Waals surface area contributed by atoms with Crippen molar-refractivity contribution in [1.82, 2.24) is 40.1 Å². The van der Waals surface area contributed by atoms with E-state index in [1.807, 2.05) is 66.9 Å². The molecule has 0 fully saturated rings. The van der Waals surface area contributed by atoms with E-state index >= 15 is 0 Å². The fourth-order valence-electron chi connectivity index (χ4n) is 9.96. The zero-order valence-corrected chi connectivity index (χ0v) is 49.4. The number of imidazole rings is 1. The van der Waals surface area contributed by atoms with Gasteiger partial charge in [-0.3, -0.25) is 33.3 Å². The molecule has 7 rings (SSSR count). The minimum absolute atomic E-state index is 0.0113. The molecule has 11 N–H and O–H groups in total. The maximum Gasteiger partial charge on any atom is 0.325 e. The van der Waals surface area contributed by atoms with Crippen LogP contribution in [0.25, 0.3) is 10.9 Å². The Balaban J connectivity index is 0.938. The first-order valence-electron chi connectivity index (χ1n) is 27.3. The summed E-state index contributed by atoms with van der Waals surface area (Å²) < 4.78 is 73.3. The van der Waals surface area contributed by atoms with E-state index in [9.17, 15) is 50.8 Å². The second kappa shape index (κ2) is 28.9. The van der Waals surface area contributed by atoms with Crippen LogP contribution in [0.2, 0.25) is 0 Å². The van der Waals surface area contributed by atoms with Crippen LogP contribution in [0.3, 0.4) is 0 Å². The Morgan fingerprint density at radius 3 is 1.95 bits per heavy atom. The predicted octanol–water partition coefficient (Wildman–Crippen LogP) is 5.28. The molecule has 0 saturated heterocycles. The van der Waals surface area contributed by atoms with Crippen molar-refractivity contribution < 1.29 is 55.5 Å². The third kappa shape index (κ3) is 16.5. The van der Waals surface area contributed by atoms with Crippen LogP contribution in [0.5, 0.6) is 5.75 Å². The molecule has 0 saturated carbocycles. The molecule has 0 radical (unpaired) electrons. The van der Waals surface area contributed by atoms with E-state index in [4.69, 9.17) is 20.2 Å². The molecule has 2 aromatic heterocycles. The normalized spacial score (nSPS) is 13.0. The summed E-state index contributed by atoms with van der Waals surface area (Å²) in [5.74, 6) is -3.55. The van der Waals surface area contributed by atoms with Gasteiger partial charge in [0.25, 0.3) is 5.91 Å². The van der Waals surface area contributed by atoms with Gasteiger partial charge in [-0.2, -0.15) is 4.72 Å². The van der Waals surface area contributed by atoms with Crippen LogP contribution in [0.15, 0.2) is 150 Å². The van der Waals surface area contributed by atoms with Gasteiger partial charge in [0.15, 0.2) is 0 Å². The molecule has 452 valence electrons. The largest absolute Gasteiger partial charge is 0.494 e.